The van der Waals surface area contributed by atoms with Crippen molar-refractivity contribution in [2.24, 2.45) is 28.1 Å². The molecule has 3 rings (SSSR count). The number of hydrogen-bond acceptors (Lipinski definition) is 1. The Balaban J connectivity index is 1.94. The Bertz CT molecular complexity index is 439. The van der Waals surface area contributed by atoms with Crippen molar-refractivity contribution >= 4 is 0 Å². The number of fused-ring (bicyclic) bond motifs is 3. The summed E-state index contributed by atoms with van der Waals surface area (Å²) in [4.78, 5) is 0. The topological polar surface area (TPSA) is 20.2 Å². The average Bonchev–Trinajstić information content (AvgIpc) is 2.36. The molecule has 0 unspecified atom stereocenters. The van der Waals surface area contributed by atoms with E-state index in [0.29, 0.717) is 16.7 Å². The molecule has 120 valence electrons. The molecule has 0 spiro atoms. The van der Waals surface area contributed by atoms with Crippen LogP contribution in [-0.4, -0.2) is 10.7 Å². The van der Waals surface area contributed by atoms with Crippen molar-refractivity contribution in [1.82, 2.24) is 0 Å². The summed E-state index contributed by atoms with van der Waals surface area (Å²) >= 11 is 0. The summed E-state index contributed by atoms with van der Waals surface area (Å²) in [6.45, 7) is 13.8. The third-order valence-electron chi connectivity index (χ3n) is 7.79. The van der Waals surface area contributed by atoms with E-state index in [1.807, 2.05) is 0 Å². The minimum absolute atomic E-state index is 0.138. The first-order valence-corrected chi connectivity index (χ1v) is 9.01. The summed E-state index contributed by atoms with van der Waals surface area (Å²) in [5.74, 6) is 1.29. The molecule has 0 aromatic heterocycles. The van der Waals surface area contributed by atoms with Crippen LogP contribution in [0.1, 0.15) is 79.1 Å². The van der Waals surface area contributed by atoms with Gasteiger partial charge in [0.1, 0.15) is 0 Å². The van der Waals surface area contributed by atoms with Crippen molar-refractivity contribution in [2.45, 2.75) is 84.7 Å². The highest BCUT2D eigenvalue weighted by Crippen LogP contribution is 2.66. The first kappa shape index (κ1) is 15.6. The van der Waals surface area contributed by atoms with E-state index in [1.165, 1.54) is 38.5 Å². The van der Waals surface area contributed by atoms with Crippen molar-refractivity contribution in [1.29, 1.82) is 0 Å². The van der Waals surface area contributed by atoms with Gasteiger partial charge < -0.3 is 5.11 Å². The maximum atomic E-state index is 11.5. The summed E-state index contributed by atoms with van der Waals surface area (Å²) in [6, 6.07) is 0. The monoisotopic (exact) mass is 290 g/mol. The van der Waals surface area contributed by atoms with E-state index in [-0.39, 0.29) is 5.41 Å². The minimum Gasteiger partial charge on any atom is -0.390 e. The lowest BCUT2D eigenvalue weighted by Gasteiger charge is -2.64. The van der Waals surface area contributed by atoms with E-state index in [1.54, 1.807) is 0 Å². The number of allylic oxidation sites excluding steroid dienone is 1. The molecule has 0 saturated heterocycles. The Morgan fingerprint density at radius 3 is 2.29 bits per heavy atom. The van der Waals surface area contributed by atoms with E-state index >= 15 is 0 Å². The van der Waals surface area contributed by atoms with Crippen LogP contribution in [0.25, 0.3) is 0 Å². The normalized spacial score (nSPS) is 52.6. The third kappa shape index (κ3) is 2.22. The van der Waals surface area contributed by atoms with Crippen molar-refractivity contribution in [3.8, 4) is 0 Å². The number of hydrogen-bond donors (Lipinski definition) is 1. The van der Waals surface area contributed by atoms with Gasteiger partial charge in [-0.25, -0.2) is 0 Å². The third-order valence-corrected chi connectivity index (χ3v) is 7.79. The molecule has 21 heavy (non-hydrogen) atoms. The molecule has 3 fully saturated rings. The molecule has 0 aromatic rings. The van der Waals surface area contributed by atoms with Gasteiger partial charge >= 0.3 is 0 Å². The Labute approximate surface area is 131 Å². The van der Waals surface area contributed by atoms with Gasteiger partial charge in [0.25, 0.3) is 0 Å². The largest absolute Gasteiger partial charge is 0.390 e. The van der Waals surface area contributed by atoms with E-state index in [9.17, 15) is 5.11 Å². The molecule has 0 heterocycles. The van der Waals surface area contributed by atoms with Gasteiger partial charge in [0.15, 0.2) is 0 Å². The van der Waals surface area contributed by atoms with E-state index < -0.39 is 5.60 Å². The highest BCUT2D eigenvalue weighted by Gasteiger charge is 2.61. The molecular weight excluding hydrogens is 256 g/mol. The molecule has 3 aliphatic carbocycles. The fourth-order valence-electron chi connectivity index (χ4n) is 6.73. The molecule has 5 atom stereocenters. The molecule has 0 amide bonds. The SMILES string of the molecule is C=C[C@@]1(C)CC[C@H]2[C@@](O)(CC[C@H]3C(C)(C)CCC[C@@]32C)C1. The highest BCUT2D eigenvalue weighted by molar-refractivity contribution is 5.13. The van der Waals surface area contributed by atoms with Crippen molar-refractivity contribution in [2.75, 3.05) is 0 Å². The van der Waals surface area contributed by atoms with Crippen LogP contribution in [0, 0.1) is 28.1 Å². The highest BCUT2D eigenvalue weighted by atomic mass is 16.3. The maximum Gasteiger partial charge on any atom is 0.0689 e. The molecule has 3 saturated carbocycles. The zero-order valence-corrected chi connectivity index (χ0v) is 14.5. The second-order valence-corrected chi connectivity index (χ2v) is 9.67. The Morgan fingerprint density at radius 2 is 1.62 bits per heavy atom. The quantitative estimate of drug-likeness (QED) is 0.647. The number of rotatable bonds is 1. The minimum atomic E-state index is -0.445. The van der Waals surface area contributed by atoms with Crippen LogP contribution in [0.15, 0.2) is 12.7 Å². The first-order chi connectivity index (χ1) is 9.65. The fraction of sp³-hybridized carbons (Fsp3) is 0.900. The van der Waals surface area contributed by atoms with Gasteiger partial charge in [-0.2, -0.15) is 0 Å². The molecule has 0 aliphatic heterocycles. The molecular formula is C20H34O. The summed E-state index contributed by atoms with van der Waals surface area (Å²) in [5.41, 5.74) is 0.489. The molecule has 0 radical (unpaired) electrons. The van der Waals surface area contributed by atoms with Gasteiger partial charge in [-0.15, -0.1) is 6.58 Å². The van der Waals surface area contributed by atoms with Crippen LogP contribution in [-0.2, 0) is 0 Å². The van der Waals surface area contributed by atoms with Gasteiger partial charge in [-0.1, -0.05) is 40.2 Å². The van der Waals surface area contributed by atoms with Crippen LogP contribution < -0.4 is 0 Å². The van der Waals surface area contributed by atoms with Crippen LogP contribution in [0.2, 0.25) is 0 Å². The van der Waals surface area contributed by atoms with Crippen LogP contribution in [0.4, 0.5) is 0 Å². The summed E-state index contributed by atoms with van der Waals surface area (Å²) in [6.07, 6.45) is 11.6. The van der Waals surface area contributed by atoms with E-state index in [0.717, 1.165) is 18.8 Å². The van der Waals surface area contributed by atoms with Crippen LogP contribution >= 0.6 is 0 Å². The lowest BCUT2D eigenvalue weighted by Crippen LogP contribution is -2.61. The Morgan fingerprint density at radius 1 is 0.952 bits per heavy atom. The van der Waals surface area contributed by atoms with Crippen LogP contribution in [0.3, 0.4) is 0 Å². The average molecular weight is 290 g/mol. The zero-order valence-electron chi connectivity index (χ0n) is 14.5. The fourth-order valence-corrected chi connectivity index (χ4v) is 6.73. The van der Waals surface area contributed by atoms with E-state index in [2.05, 4.69) is 40.3 Å². The van der Waals surface area contributed by atoms with Gasteiger partial charge in [0.05, 0.1) is 5.60 Å². The lowest BCUT2D eigenvalue weighted by molar-refractivity contribution is -0.202. The smallest absolute Gasteiger partial charge is 0.0689 e. The lowest BCUT2D eigenvalue weighted by atomic mass is 9.42. The number of aliphatic hydroxyl groups is 1. The summed E-state index contributed by atoms with van der Waals surface area (Å²) < 4.78 is 0. The molecule has 1 heteroatoms. The summed E-state index contributed by atoms with van der Waals surface area (Å²) in [7, 11) is 0. The molecule has 3 aliphatic rings. The van der Waals surface area contributed by atoms with E-state index in [4.69, 9.17) is 0 Å². The maximum absolute atomic E-state index is 11.5. The predicted molar refractivity (Wildman–Crippen MR) is 89.1 cm³/mol. The molecule has 0 bridgehead atoms. The van der Waals surface area contributed by atoms with Crippen LogP contribution in [0.5, 0.6) is 0 Å². The molecule has 1 nitrogen and oxygen atoms in total. The predicted octanol–water partition coefficient (Wildman–Crippen LogP) is 5.34. The van der Waals surface area contributed by atoms with Gasteiger partial charge in [-0.3, -0.25) is 0 Å². The molecule has 0 aromatic carbocycles. The van der Waals surface area contributed by atoms with Crippen molar-refractivity contribution < 1.29 is 5.11 Å². The van der Waals surface area contributed by atoms with Crippen molar-refractivity contribution in [3.63, 3.8) is 0 Å². The standard InChI is InChI=1S/C20H34O/c1-6-18(4)12-8-16-19(5)11-7-10-17(2,3)15(19)9-13-20(16,21)14-18/h6,15-16,21H,1,7-14H2,2-5H3/t15-,16+,18-,19-,20+/m0/s1. The Hall–Kier alpha value is -0.300. The zero-order chi connectivity index (χ0) is 15.5. The first-order valence-electron chi connectivity index (χ1n) is 9.01. The van der Waals surface area contributed by atoms with Crippen molar-refractivity contribution in [3.05, 3.63) is 12.7 Å². The summed E-state index contributed by atoms with van der Waals surface area (Å²) in [5, 5.41) is 11.5. The second kappa shape index (κ2) is 4.60. The van der Waals surface area contributed by atoms with Gasteiger partial charge in [-0.05, 0) is 73.0 Å². The van der Waals surface area contributed by atoms with Gasteiger partial charge in [0, 0.05) is 0 Å². The Kier molecular flexibility index (Phi) is 3.41. The van der Waals surface area contributed by atoms with Gasteiger partial charge in [0.2, 0.25) is 0 Å². The second-order valence-electron chi connectivity index (χ2n) is 9.67. The molecule has 1 N–H and O–H groups in total.